The number of nitro groups is 1. The van der Waals surface area contributed by atoms with Gasteiger partial charge in [0.1, 0.15) is 0 Å². The van der Waals surface area contributed by atoms with Crippen LogP contribution < -0.4 is 4.74 Å². The number of nitro benzene ring substituents is 1. The molecule has 0 atom stereocenters. The molecule has 6 nitrogen and oxygen atoms in total. The summed E-state index contributed by atoms with van der Waals surface area (Å²) >= 11 is 0. The van der Waals surface area contributed by atoms with Gasteiger partial charge in [0.15, 0.2) is 5.75 Å². The van der Waals surface area contributed by atoms with Gasteiger partial charge in [0.25, 0.3) is 0 Å². The fourth-order valence-corrected chi connectivity index (χ4v) is 1.78. The van der Waals surface area contributed by atoms with Crippen LogP contribution >= 0.6 is 0 Å². The molecule has 0 amide bonds. The summed E-state index contributed by atoms with van der Waals surface area (Å²) in [4.78, 5) is 20.8. The number of carboxylic acid groups (broad SMARTS) is 1. The summed E-state index contributed by atoms with van der Waals surface area (Å²) in [6, 6.07) is 4.96. The highest BCUT2D eigenvalue weighted by Crippen LogP contribution is 2.28. The predicted molar refractivity (Wildman–Crippen MR) is 74.1 cm³/mol. The number of unbranched alkanes of at least 4 members (excludes halogenated alkanes) is 2. The van der Waals surface area contributed by atoms with E-state index in [0.717, 1.165) is 18.4 Å². The van der Waals surface area contributed by atoms with Crippen molar-refractivity contribution in [3.05, 3.63) is 33.9 Å². The molecule has 0 fully saturated rings. The lowest BCUT2D eigenvalue weighted by molar-refractivity contribution is -0.385. The standard InChI is InChI=1S/C14H19NO5/c1-2-11-7-8-13(12(10-11)15(18)19)20-9-5-3-4-6-14(16)17/h7-8,10H,2-6,9H2,1H3,(H,16,17). The number of carboxylic acids is 1. The molecule has 20 heavy (non-hydrogen) atoms. The summed E-state index contributed by atoms with van der Waals surface area (Å²) < 4.78 is 5.42. The summed E-state index contributed by atoms with van der Waals surface area (Å²) in [6.07, 6.45) is 2.88. The zero-order chi connectivity index (χ0) is 15.0. The van der Waals surface area contributed by atoms with Gasteiger partial charge in [0, 0.05) is 12.5 Å². The first-order valence-electron chi connectivity index (χ1n) is 6.66. The number of hydrogen-bond acceptors (Lipinski definition) is 4. The number of hydrogen-bond donors (Lipinski definition) is 1. The van der Waals surface area contributed by atoms with Crippen LogP contribution in [-0.2, 0) is 11.2 Å². The second-order valence-electron chi connectivity index (χ2n) is 4.47. The lowest BCUT2D eigenvalue weighted by Gasteiger charge is -2.07. The van der Waals surface area contributed by atoms with Crippen molar-refractivity contribution in [1.82, 2.24) is 0 Å². The maximum atomic E-state index is 11.0. The average Bonchev–Trinajstić information content (AvgIpc) is 2.42. The number of nitrogens with zero attached hydrogens (tertiary/aromatic N) is 1. The summed E-state index contributed by atoms with van der Waals surface area (Å²) in [5.74, 6) is -0.540. The van der Waals surface area contributed by atoms with E-state index < -0.39 is 10.9 Å². The molecule has 0 aliphatic heterocycles. The Morgan fingerprint density at radius 3 is 2.70 bits per heavy atom. The molecule has 0 aliphatic carbocycles. The molecule has 1 rings (SSSR count). The molecule has 0 aromatic heterocycles. The maximum absolute atomic E-state index is 11.0. The van der Waals surface area contributed by atoms with Gasteiger partial charge in [-0.2, -0.15) is 0 Å². The van der Waals surface area contributed by atoms with Crippen molar-refractivity contribution in [2.45, 2.75) is 39.0 Å². The van der Waals surface area contributed by atoms with E-state index in [4.69, 9.17) is 9.84 Å². The van der Waals surface area contributed by atoms with Crippen LogP contribution in [0.15, 0.2) is 18.2 Å². The van der Waals surface area contributed by atoms with E-state index in [9.17, 15) is 14.9 Å². The minimum Gasteiger partial charge on any atom is -0.487 e. The summed E-state index contributed by atoms with van der Waals surface area (Å²) in [5.41, 5.74) is 0.875. The van der Waals surface area contributed by atoms with Crippen LogP contribution in [0.4, 0.5) is 5.69 Å². The second-order valence-corrected chi connectivity index (χ2v) is 4.47. The smallest absolute Gasteiger partial charge is 0.311 e. The van der Waals surface area contributed by atoms with Crippen molar-refractivity contribution in [2.24, 2.45) is 0 Å². The average molecular weight is 281 g/mol. The van der Waals surface area contributed by atoms with Crippen LogP contribution in [0, 0.1) is 10.1 Å². The van der Waals surface area contributed by atoms with Gasteiger partial charge in [-0.3, -0.25) is 14.9 Å². The molecule has 0 unspecified atom stereocenters. The van der Waals surface area contributed by atoms with Gasteiger partial charge in [-0.05, 0) is 37.3 Å². The minimum atomic E-state index is -0.809. The largest absolute Gasteiger partial charge is 0.487 e. The summed E-state index contributed by atoms with van der Waals surface area (Å²) in [7, 11) is 0. The predicted octanol–water partition coefficient (Wildman–Crippen LogP) is 3.18. The number of benzene rings is 1. The molecular formula is C14H19NO5. The van der Waals surface area contributed by atoms with Gasteiger partial charge in [-0.1, -0.05) is 13.0 Å². The number of aryl methyl sites for hydroxylation is 1. The van der Waals surface area contributed by atoms with Gasteiger partial charge >= 0.3 is 11.7 Å². The van der Waals surface area contributed by atoms with E-state index >= 15 is 0 Å². The van der Waals surface area contributed by atoms with E-state index in [1.807, 2.05) is 13.0 Å². The van der Waals surface area contributed by atoms with Crippen LogP contribution in [0.25, 0.3) is 0 Å². The number of aliphatic carboxylic acids is 1. The number of carbonyl (C=O) groups is 1. The van der Waals surface area contributed by atoms with Crippen LogP contribution in [0.5, 0.6) is 5.75 Å². The highest BCUT2D eigenvalue weighted by atomic mass is 16.6. The molecule has 1 aromatic rings. The van der Waals surface area contributed by atoms with Crippen molar-refractivity contribution in [2.75, 3.05) is 6.61 Å². The first-order valence-corrected chi connectivity index (χ1v) is 6.66. The Bertz CT molecular complexity index is 473. The fraction of sp³-hybridized carbons (Fsp3) is 0.500. The molecule has 110 valence electrons. The molecule has 1 aromatic carbocycles. The third-order valence-corrected chi connectivity index (χ3v) is 2.92. The third-order valence-electron chi connectivity index (χ3n) is 2.92. The maximum Gasteiger partial charge on any atom is 0.311 e. The van der Waals surface area contributed by atoms with Crippen LogP contribution in [0.2, 0.25) is 0 Å². The van der Waals surface area contributed by atoms with Gasteiger partial charge in [-0.25, -0.2) is 0 Å². The van der Waals surface area contributed by atoms with Gasteiger partial charge in [0.2, 0.25) is 0 Å². The summed E-state index contributed by atoms with van der Waals surface area (Å²) in [6.45, 7) is 2.29. The number of rotatable bonds is 9. The first kappa shape index (κ1) is 15.9. The fourth-order valence-electron chi connectivity index (χ4n) is 1.78. The van der Waals surface area contributed by atoms with E-state index in [1.165, 1.54) is 6.07 Å². The molecule has 0 saturated heterocycles. The molecule has 1 N–H and O–H groups in total. The monoisotopic (exact) mass is 281 g/mol. The van der Waals surface area contributed by atoms with Crippen molar-refractivity contribution < 1.29 is 19.6 Å². The highest BCUT2D eigenvalue weighted by Gasteiger charge is 2.15. The molecule has 0 saturated carbocycles. The molecule has 0 radical (unpaired) electrons. The van der Waals surface area contributed by atoms with E-state index in [2.05, 4.69) is 0 Å². The molecule has 0 bridgehead atoms. The molecular weight excluding hydrogens is 262 g/mol. The lowest BCUT2D eigenvalue weighted by Crippen LogP contribution is -2.02. The van der Waals surface area contributed by atoms with Crippen molar-refractivity contribution >= 4 is 11.7 Å². The zero-order valence-corrected chi connectivity index (χ0v) is 11.5. The third kappa shape index (κ3) is 5.26. The minimum absolute atomic E-state index is 0.0186. The Morgan fingerprint density at radius 2 is 2.10 bits per heavy atom. The quantitative estimate of drug-likeness (QED) is 0.426. The Hall–Kier alpha value is -2.11. The lowest BCUT2D eigenvalue weighted by atomic mass is 10.1. The van der Waals surface area contributed by atoms with Gasteiger partial charge in [0.05, 0.1) is 11.5 Å². The molecule has 0 spiro atoms. The Morgan fingerprint density at radius 1 is 1.35 bits per heavy atom. The Kier molecular flexibility index (Phi) is 6.49. The topological polar surface area (TPSA) is 89.7 Å². The highest BCUT2D eigenvalue weighted by molar-refractivity contribution is 5.66. The van der Waals surface area contributed by atoms with Crippen molar-refractivity contribution in [3.63, 3.8) is 0 Å². The van der Waals surface area contributed by atoms with Crippen LogP contribution in [0.3, 0.4) is 0 Å². The van der Waals surface area contributed by atoms with E-state index in [0.29, 0.717) is 19.4 Å². The van der Waals surface area contributed by atoms with Gasteiger partial charge < -0.3 is 9.84 Å². The molecule has 0 aliphatic rings. The van der Waals surface area contributed by atoms with E-state index in [1.54, 1.807) is 6.07 Å². The van der Waals surface area contributed by atoms with Crippen molar-refractivity contribution in [3.8, 4) is 5.75 Å². The van der Waals surface area contributed by atoms with Gasteiger partial charge in [-0.15, -0.1) is 0 Å². The molecule has 6 heteroatoms. The van der Waals surface area contributed by atoms with Crippen molar-refractivity contribution in [1.29, 1.82) is 0 Å². The Labute approximate surface area is 117 Å². The Balaban J connectivity index is 2.47. The SMILES string of the molecule is CCc1ccc(OCCCCCC(=O)O)c([N+](=O)[O-])c1. The first-order chi connectivity index (χ1) is 9.54. The van der Waals surface area contributed by atoms with Crippen LogP contribution in [0.1, 0.15) is 38.2 Å². The zero-order valence-electron chi connectivity index (χ0n) is 11.5. The second kappa shape index (κ2) is 8.14. The van der Waals surface area contributed by atoms with Crippen LogP contribution in [-0.4, -0.2) is 22.6 Å². The van der Waals surface area contributed by atoms with E-state index in [-0.39, 0.29) is 17.9 Å². The normalized spacial score (nSPS) is 10.2. The molecule has 0 heterocycles. The number of ether oxygens (including phenoxy) is 1. The summed E-state index contributed by atoms with van der Waals surface area (Å²) in [5, 5.41) is 19.4.